The van der Waals surface area contributed by atoms with E-state index in [9.17, 15) is 22.4 Å². The maximum atomic E-state index is 13.8. The average Bonchev–Trinajstić information content (AvgIpc) is 2.31. The molecule has 0 radical (unpaired) electrons. The lowest BCUT2D eigenvalue weighted by Crippen LogP contribution is -2.33. The summed E-state index contributed by atoms with van der Waals surface area (Å²) in [5.74, 6) is -5.91. The van der Waals surface area contributed by atoms with E-state index in [1.807, 2.05) is 0 Å². The fourth-order valence-corrected chi connectivity index (χ4v) is 1.93. The monoisotopic (exact) mass is 312 g/mol. The molecule has 0 aliphatic heterocycles. The van der Waals surface area contributed by atoms with Crippen molar-refractivity contribution in [3.05, 3.63) is 34.6 Å². The molecule has 1 aromatic rings. The van der Waals surface area contributed by atoms with Crippen molar-refractivity contribution in [3.63, 3.8) is 0 Å². The molecule has 0 aromatic heterocycles. The number of carbonyl (C=O) groups is 1. The third-order valence-corrected chi connectivity index (χ3v) is 3.09. The highest BCUT2D eigenvalue weighted by Crippen LogP contribution is 2.39. The van der Waals surface area contributed by atoms with E-state index in [0.717, 1.165) is 19.1 Å². The molecule has 2 atom stereocenters. The number of benzene rings is 1. The first-order chi connectivity index (χ1) is 9.18. The molecular formula is C13H13ClF4O2. The van der Waals surface area contributed by atoms with Gasteiger partial charge in [-0.15, -0.1) is 0 Å². The van der Waals surface area contributed by atoms with Crippen LogP contribution in [-0.2, 0) is 9.53 Å². The zero-order chi connectivity index (χ0) is 15.5. The lowest BCUT2D eigenvalue weighted by molar-refractivity contribution is -0.185. The Balaban J connectivity index is 3.26. The van der Waals surface area contributed by atoms with E-state index in [4.69, 9.17) is 11.6 Å². The lowest BCUT2D eigenvalue weighted by Gasteiger charge is -2.25. The molecule has 0 unspecified atom stereocenters. The van der Waals surface area contributed by atoms with Gasteiger partial charge in [-0.2, -0.15) is 13.2 Å². The standard InChI is InChI=1S/C13H13ClF4O2/c1-3-20-12(19)11(7(2)13(16,17)18)9-5-4-8(14)6-10(9)15/h4-7,11H,3H2,1-2H3/t7-,11-/m1/s1. The van der Waals surface area contributed by atoms with Crippen LogP contribution in [0.3, 0.4) is 0 Å². The van der Waals surface area contributed by atoms with Gasteiger partial charge in [0.1, 0.15) is 5.82 Å². The fraction of sp³-hybridized carbons (Fsp3) is 0.462. The Labute approximate surface area is 118 Å². The van der Waals surface area contributed by atoms with Gasteiger partial charge in [0, 0.05) is 10.6 Å². The zero-order valence-electron chi connectivity index (χ0n) is 10.8. The van der Waals surface area contributed by atoms with Gasteiger partial charge in [-0.3, -0.25) is 4.79 Å². The second kappa shape index (κ2) is 6.43. The normalized spacial score (nSPS) is 14.8. The van der Waals surface area contributed by atoms with Crippen molar-refractivity contribution in [1.29, 1.82) is 0 Å². The van der Waals surface area contributed by atoms with Gasteiger partial charge in [0.2, 0.25) is 0 Å². The molecule has 0 fully saturated rings. The number of rotatable bonds is 4. The molecule has 2 nitrogen and oxygen atoms in total. The van der Waals surface area contributed by atoms with Crippen LogP contribution < -0.4 is 0 Å². The predicted molar refractivity (Wildman–Crippen MR) is 66.0 cm³/mol. The van der Waals surface area contributed by atoms with Gasteiger partial charge in [0.15, 0.2) is 0 Å². The highest BCUT2D eigenvalue weighted by molar-refractivity contribution is 6.30. The Morgan fingerprint density at radius 3 is 2.45 bits per heavy atom. The van der Waals surface area contributed by atoms with Crippen molar-refractivity contribution in [1.82, 2.24) is 0 Å². The van der Waals surface area contributed by atoms with Crippen molar-refractivity contribution in [3.8, 4) is 0 Å². The second-order valence-electron chi connectivity index (χ2n) is 4.23. The van der Waals surface area contributed by atoms with E-state index in [-0.39, 0.29) is 17.2 Å². The Kier molecular flexibility index (Phi) is 5.39. The van der Waals surface area contributed by atoms with Crippen LogP contribution in [0.2, 0.25) is 5.02 Å². The number of esters is 1. The number of carbonyl (C=O) groups excluding carboxylic acids is 1. The number of hydrogen-bond donors (Lipinski definition) is 0. The van der Waals surface area contributed by atoms with Gasteiger partial charge in [-0.05, 0) is 19.1 Å². The topological polar surface area (TPSA) is 26.3 Å². The molecule has 7 heteroatoms. The van der Waals surface area contributed by atoms with E-state index >= 15 is 0 Å². The summed E-state index contributed by atoms with van der Waals surface area (Å²) in [7, 11) is 0. The third kappa shape index (κ3) is 3.85. The SMILES string of the molecule is CCOC(=O)[C@@H](c1ccc(Cl)cc1F)[C@@H](C)C(F)(F)F. The molecule has 112 valence electrons. The number of hydrogen-bond acceptors (Lipinski definition) is 2. The van der Waals surface area contributed by atoms with Gasteiger partial charge in [0.05, 0.1) is 18.4 Å². The first-order valence-corrected chi connectivity index (χ1v) is 6.24. The van der Waals surface area contributed by atoms with E-state index in [0.29, 0.717) is 0 Å². The first kappa shape index (κ1) is 16.8. The molecule has 0 heterocycles. The van der Waals surface area contributed by atoms with Crippen LogP contribution >= 0.6 is 11.6 Å². The lowest BCUT2D eigenvalue weighted by atomic mass is 9.86. The second-order valence-corrected chi connectivity index (χ2v) is 4.66. The maximum absolute atomic E-state index is 13.8. The average molecular weight is 313 g/mol. The quantitative estimate of drug-likeness (QED) is 0.611. The minimum atomic E-state index is -4.65. The molecule has 20 heavy (non-hydrogen) atoms. The molecule has 1 rings (SSSR count). The summed E-state index contributed by atoms with van der Waals surface area (Å²) in [4.78, 5) is 11.7. The van der Waals surface area contributed by atoms with Gasteiger partial charge < -0.3 is 4.74 Å². The smallest absolute Gasteiger partial charge is 0.392 e. The van der Waals surface area contributed by atoms with Crippen LogP contribution in [0.4, 0.5) is 17.6 Å². The first-order valence-electron chi connectivity index (χ1n) is 5.86. The van der Waals surface area contributed by atoms with Crippen LogP contribution in [0.15, 0.2) is 18.2 Å². The van der Waals surface area contributed by atoms with Gasteiger partial charge >= 0.3 is 12.1 Å². The Bertz CT molecular complexity index is 488. The van der Waals surface area contributed by atoms with E-state index in [2.05, 4.69) is 4.74 Å². The van der Waals surface area contributed by atoms with Crippen LogP contribution in [0.5, 0.6) is 0 Å². The van der Waals surface area contributed by atoms with Gasteiger partial charge in [-0.1, -0.05) is 24.6 Å². The van der Waals surface area contributed by atoms with Crippen molar-refractivity contribution < 1.29 is 27.1 Å². The van der Waals surface area contributed by atoms with Crippen molar-refractivity contribution >= 4 is 17.6 Å². The summed E-state index contributed by atoms with van der Waals surface area (Å²) in [6.07, 6.45) is -4.65. The minimum Gasteiger partial charge on any atom is -0.466 e. The maximum Gasteiger partial charge on any atom is 0.392 e. The number of ether oxygens (including phenoxy) is 1. The summed E-state index contributed by atoms with van der Waals surface area (Å²) in [5.41, 5.74) is -0.377. The summed E-state index contributed by atoms with van der Waals surface area (Å²) >= 11 is 5.55. The molecule has 0 spiro atoms. The van der Waals surface area contributed by atoms with Crippen molar-refractivity contribution in [2.45, 2.75) is 25.9 Å². The zero-order valence-corrected chi connectivity index (χ0v) is 11.6. The Morgan fingerprint density at radius 1 is 1.40 bits per heavy atom. The Morgan fingerprint density at radius 2 is 2.00 bits per heavy atom. The van der Waals surface area contributed by atoms with Gasteiger partial charge in [-0.25, -0.2) is 4.39 Å². The van der Waals surface area contributed by atoms with E-state index in [1.165, 1.54) is 13.0 Å². The minimum absolute atomic E-state index is 0.0357. The largest absolute Gasteiger partial charge is 0.466 e. The van der Waals surface area contributed by atoms with Gasteiger partial charge in [0.25, 0.3) is 0 Å². The highest BCUT2D eigenvalue weighted by Gasteiger charge is 2.46. The molecule has 0 saturated heterocycles. The summed E-state index contributed by atoms with van der Waals surface area (Å²) in [5, 5.41) is 0.0357. The molecule has 0 N–H and O–H groups in total. The van der Waals surface area contributed by atoms with Crippen molar-refractivity contribution in [2.24, 2.45) is 5.92 Å². The summed E-state index contributed by atoms with van der Waals surface area (Å²) < 4.78 is 56.9. The van der Waals surface area contributed by atoms with Crippen molar-refractivity contribution in [2.75, 3.05) is 6.61 Å². The number of alkyl halides is 3. The Hall–Kier alpha value is -1.30. The summed E-state index contributed by atoms with van der Waals surface area (Å²) in [6, 6.07) is 3.17. The fourth-order valence-electron chi connectivity index (χ4n) is 1.78. The molecule has 1 aromatic carbocycles. The molecule has 0 aliphatic carbocycles. The molecule has 0 bridgehead atoms. The predicted octanol–water partition coefficient (Wildman–Crippen LogP) is 4.32. The van der Waals surface area contributed by atoms with Crippen LogP contribution in [-0.4, -0.2) is 18.8 Å². The summed E-state index contributed by atoms with van der Waals surface area (Å²) in [6.45, 7) is 2.19. The van der Waals surface area contributed by atoms with Crippen LogP contribution in [0.1, 0.15) is 25.3 Å². The van der Waals surface area contributed by atoms with Crippen LogP contribution in [0, 0.1) is 11.7 Å². The van der Waals surface area contributed by atoms with Crippen LogP contribution in [0.25, 0.3) is 0 Å². The third-order valence-electron chi connectivity index (χ3n) is 2.85. The molecule has 0 saturated carbocycles. The highest BCUT2D eigenvalue weighted by atomic mass is 35.5. The van der Waals surface area contributed by atoms with E-state index < -0.39 is 29.8 Å². The van der Waals surface area contributed by atoms with E-state index in [1.54, 1.807) is 0 Å². The molecule has 0 aliphatic rings. The number of halogens is 5. The molecular weight excluding hydrogens is 300 g/mol. The molecule has 0 amide bonds.